The predicted molar refractivity (Wildman–Crippen MR) is 58.1 cm³/mol. The van der Waals surface area contributed by atoms with E-state index in [1.165, 1.54) is 11.1 Å². The van der Waals surface area contributed by atoms with Gasteiger partial charge in [-0.25, -0.2) is 0 Å². The number of nitrogens with one attached hydrogen (secondary N) is 1. The Labute approximate surface area is 89.4 Å². The van der Waals surface area contributed by atoms with E-state index in [1.807, 2.05) is 12.1 Å². The average Bonchev–Trinajstić information content (AvgIpc) is 2.64. The van der Waals surface area contributed by atoms with E-state index in [0.29, 0.717) is 6.42 Å². The van der Waals surface area contributed by atoms with Crippen LogP contribution in [0.25, 0.3) is 0 Å². The molecule has 0 radical (unpaired) electrons. The van der Waals surface area contributed by atoms with Gasteiger partial charge in [-0.3, -0.25) is 4.79 Å². The van der Waals surface area contributed by atoms with Gasteiger partial charge in [0.1, 0.15) is 5.75 Å². The van der Waals surface area contributed by atoms with Crippen molar-refractivity contribution in [2.45, 2.75) is 19.3 Å². The third-order valence-electron chi connectivity index (χ3n) is 2.89. The monoisotopic (exact) mass is 205 g/mol. The molecule has 0 spiro atoms. The predicted octanol–water partition coefficient (Wildman–Crippen LogP) is 1.61. The molecular weight excluding hydrogens is 190 g/mol. The highest BCUT2D eigenvalue weighted by molar-refractivity contribution is 5.79. The Balaban J connectivity index is 2.37. The number of benzene rings is 1. The molecule has 1 saturated heterocycles. The Bertz CT molecular complexity index is 387. The molecule has 0 bridgehead atoms. The molecular formula is C12H15NO2. The second-order valence-electron chi connectivity index (χ2n) is 3.90. The molecule has 1 unspecified atom stereocenters. The number of aryl methyl sites for hydroxylation is 1. The summed E-state index contributed by atoms with van der Waals surface area (Å²) in [6, 6.07) is 5.98. The van der Waals surface area contributed by atoms with E-state index >= 15 is 0 Å². The minimum Gasteiger partial charge on any atom is -0.496 e. The van der Waals surface area contributed by atoms with Crippen LogP contribution in [0.1, 0.15) is 23.5 Å². The summed E-state index contributed by atoms with van der Waals surface area (Å²) < 4.78 is 5.33. The minimum atomic E-state index is 0.130. The van der Waals surface area contributed by atoms with E-state index in [4.69, 9.17) is 4.74 Å². The molecule has 1 N–H and O–H groups in total. The Hall–Kier alpha value is -1.51. The molecule has 1 atom stereocenters. The third-order valence-corrected chi connectivity index (χ3v) is 2.89. The van der Waals surface area contributed by atoms with Crippen LogP contribution in [0.15, 0.2) is 18.2 Å². The minimum absolute atomic E-state index is 0.130. The Morgan fingerprint density at radius 3 is 2.87 bits per heavy atom. The van der Waals surface area contributed by atoms with E-state index in [2.05, 4.69) is 18.3 Å². The lowest BCUT2D eigenvalue weighted by Crippen LogP contribution is -2.13. The van der Waals surface area contributed by atoms with Crippen LogP contribution >= 0.6 is 0 Å². The van der Waals surface area contributed by atoms with Crippen molar-refractivity contribution in [2.75, 3.05) is 13.7 Å². The highest BCUT2D eigenvalue weighted by atomic mass is 16.5. The zero-order valence-electron chi connectivity index (χ0n) is 9.04. The van der Waals surface area contributed by atoms with E-state index < -0.39 is 0 Å². The van der Waals surface area contributed by atoms with Crippen molar-refractivity contribution in [3.8, 4) is 5.75 Å². The first kappa shape index (κ1) is 10.0. The van der Waals surface area contributed by atoms with Crippen molar-refractivity contribution in [3.63, 3.8) is 0 Å². The van der Waals surface area contributed by atoms with Gasteiger partial charge in [0.05, 0.1) is 7.11 Å². The highest BCUT2D eigenvalue weighted by Gasteiger charge is 2.26. The first-order chi connectivity index (χ1) is 7.22. The van der Waals surface area contributed by atoms with Crippen LogP contribution < -0.4 is 10.1 Å². The summed E-state index contributed by atoms with van der Waals surface area (Å²) in [5.74, 6) is 1.27. The van der Waals surface area contributed by atoms with Crippen molar-refractivity contribution in [1.29, 1.82) is 0 Å². The molecule has 1 aliphatic heterocycles. The summed E-state index contributed by atoms with van der Waals surface area (Å²) in [6.45, 7) is 2.78. The fourth-order valence-corrected chi connectivity index (χ4v) is 2.16. The van der Waals surface area contributed by atoms with Gasteiger partial charge in [-0.15, -0.1) is 0 Å². The van der Waals surface area contributed by atoms with E-state index in [1.54, 1.807) is 7.11 Å². The van der Waals surface area contributed by atoms with Gasteiger partial charge < -0.3 is 10.1 Å². The summed E-state index contributed by atoms with van der Waals surface area (Å²) in [4.78, 5) is 11.2. The van der Waals surface area contributed by atoms with Crippen molar-refractivity contribution in [2.24, 2.45) is 0 Å². The molecule has 1 aromatic carbocycles. The largest absolute Gasteiger partial charge is 0.496 e. The van der Waals surface area contributed by atoms with Gasteiger partial charge in [-0.05, 0) is 18.6 Å². The summed E-state index contributed by atoms with van der Waals surface area (Å²) in [7, 11) is 1.67. The number of hydrogen-bond acceptors (Lipinski definition) is 2. The first-order valence-corrected chi connectivity index (χ1v) is 5.12. The molecule has 15 heavy (non-hydrogen) atoms. The van der Waals surface area contributed by atoms with Crippen LogP contribution in [-0.4, -0.2) is 19.6 Å². The van der Waals surface area contributed by atoms with Crippen molar-refractivity contribution >= 4 is 5.91 Å². The van der Waals surface area contributed by atoms with Gasteiger partial charge in [0.2, 0.25) is 5.91 Å². The Morgan fingerprint density at radius 1 is 1.47 bits per heavy atom. The van der Waals surface area contributed by atoms with Gasteiger partial charge in [-0.2, -0.15) is 0 Å². The molecule has 0 aromatic heterocycles. The smallest absolute Gasteiger partial charge is 0.220 e. The molecule has 1 fully saturated rings. The van der Waals surface area contributed by atoms with E-state index in [-0.39, 0.29) is 11.8 Å². The summed E-state index contributed by atoms with van der Waals surface area (Å²) >= 11 is 0. The quantitative estimate of drug-likeness (QED) is 0.796. The SMILES string of the molecule is COc1cccc(C)c1C1CNC(=O)C1. The maximum atomic E-state index is 11.2. The first-order valence-electron chi connectivity index (χ1n) is 5.12. The van der Waals surface area contributed by atoms with Gasteiger partial charge >= 0.3 is 0 Å². The maximum Gasteiger partial charge on any atom is 0.220 e. The summed E-state index contributed by atoms with van der Waals surface area (Å²) in [5, 5.41) is 2.85. The molecule has 3 heteroatoms. The Kier molecular flexibility index (Phi) is 2.62. The highest BCUT2D eigenvalue weighted by Crippen LogP contribution is 2.33. The van der Waals surface area contributed by atoms with Crippen LogP contribution in [0.5, 0.6) is 5.75 Å². The lowest BCUT2D eigenvalue weighted by molar-refractivity contribution is -0.119. The van der Waals surface area contributed by atoms with Crippen LogP contribution in [0.4, 0.5) is 0 Å². The molecule has 0 saturated carbocycles. The summed E-state index contributed by atoms with van der Waals surface area (Å²) in [5.41, 5.74) is 2.36. The van der Waals surface area contributed by atoms with E-state index in [0.717, 1.165) is 12.3 Å². The number of carbonyl (C=O) groups is 1. The molecule has 0 aliphatic carbocycles. The van der Waals surface area contributed by atoms with Gasteiger partial charge in [-0.1, -0.05) is 12.1 Å². The zero-order chi connectivity index (χ0) is 10.8. The molecule has 1 heterocycles. The lowest BCUT2D eigenvalue weighted by atomic mass is 9.93. The zero-order valence-corrected chi connectivity index (χ0v) is 9.04. The lowest BCUT2D eigenvalue weighted by Gasteiger charge is -2.15. The average molecular weight is 205 g/mol. The van der Waals surface area contributed by atoms with Gasteiger partial charge in [0.25, 0.3) is 0 Å². The van der Waals surface area contributed by atoms with Gasteiger partial charge in [0.15, 0.2) is 0 Å². The summed E-state index contributed by atoms with van der Waals surface area (Å²) in [6.07, 6.45) is 0.571. The van der Waals surface area contributed by atoms with E-state index in [9.17, 15) is 4.79 Å². The topological polar surface area (TPSA) is 38.3 Å². The fraction of sp³-hybridized carbons (Fsp3) is 0.417. The van der Waals surface area contributed by atoms with Gasteiger partial charge in [0, 0.05) is 24.4 Å². The maximum absolute atomic E-state index is 11.2. The third kappa shape index (κ3) is 1.82. The normalized spacial score (nSPS) is 20.1. The molecule has 80 valence electrons. The van der Waals surface area contributed by atoms with Crippen molar-refractivity contribution in [1.82, 2.24) is 5.32 Å². The number of methoxy groups -OCH3 is 1. The fourth-order valence-electron chi connectivity index (χ4n) is 2.16. The Morgan fingerprint density at radius 2 is 2.27 bits per heavy atom. The second kappa shape index (κ2) is 3.93. The molecule has 1 aliphatic rings. The molecule has 1 amide bonds. The van der Waals surface area contributed by atoms with Crippen LogP contribution in [0.3, 0.4) is 0 Å². The second-order valence-corrected chi connectivity index (χ2v) is 3.90. The molecule has 3 nitrogen and oxygen atoms in total. The number of carbonyl (C=O) groups excluding carboxylic acids is 1. The number of hydrogen-bond donors (Lipinski definition) is 1. The van der Waals surface area contributed by atoms with Crippen LogP contribution in [-0.2, 0) is 4.79 Å². The standard InChI is InChI=1S/C12H15NO2/c1-8-4-3-5-10(15-2)12(8)9-6-11(14)13-7-9/h3-5,9H,6-7H2,1-2H3,(H,13,14). The number of ether oxygens (including phenoxy) is 1. The number of rotatable bonds is 2. The van der Waals surface area contributed by atoms with Crippen molar-refractivity contribution < 1.29 is 9.53 Å². The van der Waals surface area contributed by atoms with Crippen LogP contribution in [0, 0.1) is 6.92 Å². The number of amides is 1. The van der Waals surface area contributed by atoms with Crippen LogP contribution in [0.2, 0.25) is 0 Å². The molecule has 2 rings (SSSR count). The molecule has 1 aromatic rings. The van der Waals surface area contributed by atoms with Crippen molar-refractivity contribution in [3.05, 3.63) is 29.3 Å².